The lowest BCUT2D eigenvalue weighted by Crippen LogP contribution is -2.44. The molecular weight excluding hydrogens is 402 g/mol. The van der Waals surface area contributed by atoms with Gasteiger partial charge in [-0.3, -0.25) is 10.2 Å². The minimum Gasteiger partial charge on any atom is -0.304 e. The van der Waals surface area contributed by atoms with Gasteiger partial charge in [-0.25, -0.2) is 0 Å². The predicted octanol–water partition coefficient (Wildman–Crippen LogP) is 5.24. The first-order valence-electron chi connectivity index (χ1n) is 10.2. The van der Waals surface area contributed by atoms with Gasteiger partial charge in [0.05, 0.1) is 12.2 Å². The van der Waals surface area contributed by atoms with E-state index in [2.05, 4.69) is 40.9 Å². The molecule has 0 saturated carbocycles. The van der Waals surface area contributed by atoms with Gasteiger partial charge in [-0.15, -0.1) is 0 Å². The number of para-hydroxylation sites is 1. The molecule has 4 nitrogen and oxygen atoms in total. The molecule has 6 rings (SSSR count). The van der Waals surface area contributed by atoms with Crippen LogP contribution in [0.5, 0.6) is 0 Å². The maximum atomic E-state index is 13.9. The predicted molar refractivity (Wildman–Crippen MR) is 127 cm³/mol. The molecule has 4 aromatic carbocycles. The minimum absolute atomic E-state index is 0.0151. The van der Waals surface area contributed by atoms with Crippen molar-refractivity contribution in [1.82, 2.24) is 5.43 Å². The highest BCUT2D eigenvalue weighted by Gasteiger charge is 2.55. The Morgan fingerprint density at radius 1 is 0.839 bits per heavy atom. The SMILES string of the molecule is O=C1N(Cc2cccc3ccccc23)c2ccccc2C12NN=C(c1ccccc1)S2. The first kappa shape index (κ1) is 18.2. The molecule has 2 heterocycles. The fraction of sp³-hybridized carbons (Fsp3) is 0.0769. The Bertz CT molecular complexity index is 1350. The number of fused-ring (bicyclic) bond motifs is 3. The number of hydrogen-bond donors (Lipinski definition) is 1. The van der Waals surface area contributed by atoms with E-state index in [4.69, 9.17) is 0 Å². The zero-order valence-electron chi connectivity index (χ0n) is 16.7. The second-order valence-corrected chi connectivity index (χ2v) is 8.93. The normalized spacial score (nSPS) is 19.5. The molecular formula is C26H19N3OS. The third kappa shape index (κ3) is 2.77. The van der Waals surface area contributed by atoms with Gasteiger partial charge in [0.25, 0.3) is 5.91 Å². The summed E-state index contributed by atoms with van der Waals surface area (Å²) in [4.78, 5) is 14.8. The van der Waals surface area contributed by atoms with E-state index in [0.717, 1.165) is 27.4 Å². The molecule has 1 unspecified atom stereocenters. The van der Waals surface area contributed by atoms with Crippen molar-refractivity contribution < 1.29 is 4.79 Å². The van der Waals surface area contributed by atoms with E-state index in [0.29, 0.717) is 6.54 Å². The van der Waals surface area contributed by atoms with Crippen LogP contribution in [0.15, 0.2) is 102 Å². The molecule has 150 valence electrons. The summed E-state index contributed by atoms with van der Waals surface area (Å²) >= 11 is 1.49. The Morgan fingerprint density at radius 3 is 2.48 bits per heavy atom. The average Bonchev–Trinajstić information content (AvgIpc) is 3.37. The standard InChI is InChI=1S/C26H19N3OS/c30-25-26(28-27-24(31-26)19-10-2-1-3-11-19)22-15-6-7-16-23(22)29(25)17-20-13-8-12-18-9-4-5-14-21(18)20/h1-16,28H,17H2. The van der Waals surface area contributed by atoms with Crippen molar-refractivity contribution in [2.75, 3.05) is 4.90 Å². The monoisotopic (exact) mass is 421 g/mol. The number of hydrazone groups is 1. The fourth-order valence-corrected chi connectivity index (χ4v) is 5.62. The molecule has 4 aromatic rings. The minimum atomic E-state index is -0.924. The van der Waals surface area contributed by atoms with Gasteiger partial charge in [0.1, 0.15) is 5.04 Å². The highest BCUT2D eigenvalue weighted by Crippen LogP contribution is 2.51. The van der Waals surface area contributed by atoms with Crippen LogP contribution in [-0.4, -0.2) is 11.0 Å². The number of rotatable bonds is 3. The summed E-state index contributed by atoms with van der Waals surface area (Å²) < 4.78 is 0. The quantitative estimate of drug-likeness (QED) is 0.492. The number of hydrogen-bond acceptors (Lipinski definition) is 4. The van der Waals surface area contributed by atoms with Crippen LogP contribution in [0.25, 0.3) is 10.8 Å². The van der Waals surface area contributed by atoms with Gasteiger partial charge in [0, 0.05) is 11.1 Å². The largest absolute Gasteiger partial charge is 0.304 e. The van der Waals surface area contributed by atoms with E-state index < -0.39 is 4.87 Å². The highest BCUT2D eigenvalue weighted by molar-refractivity contribution is 8.16. The summed E-state index contributed by atoms with van der Waals surface area (Å²) in [6, 6.07) is 32.6. The van der Waals surface area contributed by atoms with Gasteiger partial charge >= 0.3 is 0 Å². The lowest BCUT2D eigenvalue weighted by molar-refractivity contribution is -0.121. The van der Waals surface area contributed by atoms with Gasteiger partial charge in [0.15, 0.2) is 0 Å². The van der Waals surface area contributed by atoms with Crippen LogP contribution in [0.2, 0.25) is 0 Å². The zero-order chi connectivity index (χ0) is 20.8. The number of thioether (sulfide) groups is 1. The number of carbonyl (C=O) groups is 1. The first-order chi connectivity index (χ1) is 15.3. The molecule has 1 N–H and O–H groups in total. The lowest BCUT2D eigenvalue weighted by Gasteiger charge is -2.23. The molecule has 0 fully saturated rings. The Labute approximate surface area is 184 Å². The topological polar surface area (TPSA) is 44.7 Å². The number of amides is 1. The molecule has 0 bridgehead atoms. The molecule has 5 heteroatoms. The first-order valence-corrected chi connectivity index (χ1v) is 11.1. The fourth-order valence-electron chi connectivity index (χ4n) is 4.41. The van der Waals surface area contributed by atoms with Gasteiger partial charge in [-0.2, -0.15) is 5.10 Å². The van der Waals surface area contributed by atoms with Crippen molar-refractivity contribution >= 4 is 39.2 Å². The molecule has 0 aromatic heterocycles. The Balaban J connectivity index is 1.40. The summed E-state index contributed by atoms with van der Waals surface area (Å²) in [5.41, 5.74) is 7.23. The van der Waals surface area contributed by atoms with Crippen LogP contribution in [0.4, 0.5) is 5.69 Å². The Morgan fingerprint density at radius 2 is 1.58 bits per heavy atom. The smallest absolute Gasteiger partial charge is 0.270 e. The summed E-state index contributed by atoms with van der Waals surface area (Å²) in [6.45, 7) is 0.516. The molecule has 2 aliphatic rings. The summed E-state index contributed by atoms with van der Waals surface area (Å²) in [6.07, 6.45) is 0. The van der Waals surface area contributed by atoms with Crippen LogP contribution in [0.3, 0.4) is 0 Å². The highest BCUT2D eigenvalue weighted by atomic mass is 32.2. The van der Waals surface area contributed by atoms with E-state index in [1.807, 2.05) is 71.6 Å². The number of benzene rings is 4. The van der Waals surface area contributed by atoms with E-state index in [1.165, 1.54) is 22.5 Å². The second-order valence-electron chi connectivity index (χ2n) is 7.72. The molecule has 0 saturated heterocycles. The molecule has 1 amide bonds. The van der Waals surface area contributed by atoms with E-state index in [1.54, 1.807) is 0 Å². The van der Waals surface area contributed by atoms with Crippen molar-refractivity contribution in [3.8, 4) is 0 Å². The number of nitrogens with one attached hydrogen (secondary N) is 1. The van der Waals surface area contributed by atoms with Gasteiger partial charge in [-0.1, -0.05) is 103 Å². The van der Waals surface area contributed by atoms with Crippen molar-refractivity contribution in [1.29, 1.82) is 0 Å². The van der Waals surface area contributed by atoms with Crippen molar-refractivity contribution in [2.24, 2.45) is 5.10 Å². The maximum absolute atomic E-state index is 13.9. The van der Waals surface area contributed by atoms with Gasteiger partial charge < -0.3 is 4.90 Å². The van der Waals surface area contributed by atoms with Crippen molar-refractivity contribution in [3.05, 3.63) is 114 Å². The van der Waals surface area contributed by atoms with Crippen LogP contribution in [-0.2, 0) is 16.2 Å². The summed E-state index contributed by atoms with van der Waals surface area (Å²) in [5.74, 6) is 0.0151. The lowest BCUT2D eigenvalue weighted by atomic mass is 10.0. The molecule has 1 atom stereocenters. The Kier molecular flexibility index (Phi) is 4.11. The van der Waals surface area contributed by atoms with E-state index in [-0.39, 0.29) is 5.91 Å². The maximum Gasteiger partial charge on any atom is 0.270 e. The number of nitrogens with zero attached hydrogens (tertiary/aromatic N) is 2. The van der Waals surface area contributed by atoms with Crippen molar-refractivity contribution in [2.45, 2.75) is 11.4 Å². The summed E-state index contributed by atoms with van der Waals surface area (Å²) in [7, 11) is 0. The van der Waals surface area contributed by atoms with Crippen LogP contribution in [0, 0.1) is 0 Å². The average molecular weight is 422 g/mol. The summed E-state index contributed by atoms with van der Waals surface area (Å²) in [5, 5.41) is 7.74. The molecule has 0 radical (unpaired) electrons. The third-order valence-electron chi connectivity index (χ3n) is 5.91. The van der Waals surface area contributed by atoms with Crippen molar-refractivity contribution in [3.63, 3.8) is 0 Å². The van der Waals surface area contributed by atoms with Crippen LogP contribution >= 0.6 is 11.8 Å². The molecule has 0 aliphatic carbocycles. The van der Waals surface area contributed by atoms with Crippen LogP contribution in [0.1, 0.15) is 16.7 Å². The van der Waals surface area contributed by atoms with Crippen LogP contribution < -0.4 is 10.3 Å². The Hall–Kier alpha value is -3.57. The second kappa shape index (κ2) is 7.00. The van der Waals surface area contributed by atoms with Gasteiger partial charge in [-0.05, 0) is 22.4 Å². The van der Waals surface area contributed by atoms with Gasteiger partial charge in [0.2, 0.25) is 4.87 Å². The molecule has 2 aliphatic heterocycles. The van der Waals surface area contributed by atoms with E-state index in [9.17, 15) is 4.79 Å². The van der Waals surface area contributed by atoms with E-state index >= 15 is 0 Å². The molecule has 31 heavy (non-hydrogen) atoms. The third-order valence-corrected chi connectivity index (χ3v) is 7.23. The number of anilines is 1. The molecule has 1 spiro atoms. The number of carbonyl (C=O) groups excluding carboxylic acids is 1. The zero-order valence-corrected chi connectivity index (χ0v) is 17.5.